The van der Waals surface area contributed by atoms with Gasteiger partial charge in [-0.2, -0.15) is 0 Å². The van der Waals surface area contributed by atoms with Gasteiger partial charge in [-0.3, -0.25) is 0 Å². The quantitative estimate of drug-likeness (QED) is 0.796. The fraction of sp³-hybridized carbons (Fsp3) is 0.600. The first-order valence-electron chi connectivity index (χ1n) is 6.66. The Kier molecular flexibility index (Phi) is 5.73. The molecule has 3 heteroatoms. The second-order valence-electron chi connectivity index (χ2n) is 4.88. The van der Waals surface area contributed by atoms with Crippen LogP contribution in [0.1, 0.15) is 50.3 Å². The zero-order valence-corrected chi connectivity index (χ0v) is 11.7. The largest absolute Gasteiger partial charge is 0.313 e. The normalized spacial score (nSPS) is 13.1. The summed E-state index contributed by atoms with van der Waals surface area (Å²) in [5.74, 6) is -0.371. The van der Waals surface area contributed by atoms with Crippen LogP contribution < -0.4 is 5.32 Å². The fourth-order valence-electron chi connectivity index (χ4n) is 2.30. The Morgan fingerprint density at radius 1 is 1.11 bits per heavy atom. The van der Waals surface area contributed by atoms with Gasteiger partial charge in [-0.1, -0.05) is 26.7 Å². The lowest BCUT2D eigenvalue weighted by Gasteiger charge is -2.22. The number of benzene rings is 1. The molecule has 1 aromatic rings. The Morgan fingerprint density at radius 2 is 1.72 bits per heavy atom. The van der Waals surface area contributed by atoms with Crippen molar-refractivity contribution in [2.45, 2.75) is 46.1 Å². The van der Waals surface area contributed by atoms with Gasteiger partial charge in [0.1, 0.15) is 11.6 Å². The van der Waals surface area contributed by atoms with Gasteiger partial charge in [-0.05, 0) is 37.9 Å². The average molecular weight is 255 g/mol. The summed E-state index contributed by atoms with van der Waals surface area (Å²) in [7, 11) is 1.82. The lowest BCUT2D eigenvalue weighted by atomic mass is 9.90. The minimum atomic E-state index is -0.478. The predicted molar refractivity (Wildman–Crippen MR) is 71.6 cm³/mol. The molecule has 0 aliphatic heterocycles. The van der Waals surface area contributed by atoms with E-state index in [1.54, 1.807) is 13.0 Å². The van der Waals surface area contributed by atoms with Crippen molar-refractivity contribution in [3.63, 3.8) is 0 Å². The fourth-order valence-corrected chi connectivity index (χ4v) is 2.30. The molecular formula is C15H23F2N. The number of halogens is 2. The third-order valence-corrected chi connectivity index (χ3v) is 3.73. The van der Waals surface area contributed by atoms with Crippen LogP contribution in [-0.2, 0) is 0 Å². The van der Waals surface area contributed by atoms with Gasteiger partial charge in [-0.25, -0.2) is 8.78 Å². The van der Waals surface area contributed by atoms with Crippen LogP contribution in [0.4, 0.5) is 8.78 Å². The highest BCUT2D eigenvalue weighted by Gasteiger charge is 2.19. The van der Waals surface area contributed by atoms with E-state index in [1.165, 1.54) is 0 Å². The standard InChI is InChI=1S/C15H23F2N/c1-5-11(6-2)8-15(18-4)12-7-10(3)13(16)9-14(12)17/h7,9,11,15,18H,5-6,8H2,1-4H3. The van der Waals surface area contributed by atoms with Gasteiger partial charge in [0.25, 0.3) is 0 Å². The first-order chi connectivity index (χ1) is 8.53. The minimum absolute atomic E-state index is 0.0470. The van der Waals surface area contributed by atoms with E-state index in [-0.39, 0.29) is 6.04 Å². The Balaban J connectivity index is 2.98. The zero-order chi connectivity index (χ0) is 13.7. The molecule has 1 nitrogen and oxygen atoms in total. The van der Waals surface area contributed by atoms with Crippen molar-refractivity contribution >= 4 is 0 Å². The molecule has 0 fully saturated rings. The highest BCUT2D eigenvalue weighted by molar-refractivity contribution is 5.28. The van der Waals surface area contributed by atoms with E-state index in [4.69, 9.17) is 0 Å². The molecule has 0 amide bonds. The van der Waals surface area contributed by atoms with Crippen molar-refractivity contribution in [1.29, 1.82) is 0 Å². The molecule has 0 heterocycles. The van der Waals surface area contributed by atoms with Crippen LogP contribution in [0.2, 0.25) is 0 Å². The van der Waals surface area contributed by atoms with Crippen LogP contribution in [0.5, 0.6) is 0 Å². The van der Waals surface area contributed by atoms with Gasteiger partial charge in [0.15, 0.2) is 0 Å². The molecular weight excluding hydrogens is 232 g/mol. The summed E-state index contributed by atoms with van der Waals surface area (Å²) in [5.41, 5.74) is 1.07. The third-order valence-electron chi connectivity index (χ3n) is 3.73. The second kappa shape index (κ2) is 6.83. The molecule has 0 spiro atoms. The molecule has 1 rings (SSSR count). The molecule has 0 aliphatic rings. The molecule has 1 unspecified atom stereocenters. The summed E-state index contributed by atoms with van der Waals surface area (Å²) in [5, 5.41) is 3.14. The Morgan fingerprint density at radius 3 is 2.22 bits per heavy atom. The predicted octanol–water partition coefficient (Wildman–Crippen LogP) is 4.36. The SMILES string of the molecule is CCC(CC)CC(NC)c1cc(C)c(F)cc1F. The van der Waals surface area contributed by atoms with E-state index < -0.39 is 11.6 Å². The van der Waals surface area contributed by atoms with Gasteiger partial charge in [0.2, 0.25) is 0 Å². The Hall–Kier alpha value is -0.960. The molecule has 1 aromatic carbocycles. The maximum absolute atomic E-state index is 13.8. The van der Waals surface area contributed by atoms with Gasteiger partial charge >= 0.3 is 0 Å². The van der Waals surface area contributed by atoms with E-state index in [0.29, 0.717) is 17.0 Å². The lowest BCUT2D eigenvalue weighted by molar-refractivity contribution is 0.377. The summed E-state index contributed by atoms with van der Waals surface area (Å²) in [6, 6.07) is 2.56. The summed E-state index contributed by atoms with van der Waals surface area (Å²) in [6.45, 7) is 5.96. The minimum Gasteiger partial charge on any atom is -0.313 e. The van der Waals surface area contributed by atoms with E-state index in [2.05, 4.69) is 19.2 Å². The van der Waals surface area contributed by atoms with E-state index in [0.717, 1.165) is 25.3 Å². The van der Waals surface area contributed by atoms with Crippen LogP contribution in [0.3, 0.4) is 0 Å². The van der Waals surface area contributed by atoms with Gasteiger partial charge < -0.3 is 5.32 Å². The maximum atomic E-state index is 13.8. The summed E-state index contributed by atoms with van der Waals surface area (Å²) >= 11 is 0. The smallest absolute Gasteiger partial charge is 0.130 e. The first-order valence-corrected chi connectivity index (χ1v) is 6.66. The number of hydrogen-bond donors (Lipinski definition) is 1. The molecule has 102 valence electrons. The maximum Gasteiger partial charge on any atom is 0.130 e. The van der Waals surface area contributed by atoms with Crippen LogP contribution >= 0.6 is 0 Å². The highest BCUT2D eigenvalue weighted by atomic mass is 19.1. The van der Waals surface area contributed by atoms with Crippen molar-refractivity contribution in [3.05, 3.63) is 34.9 Å². The molecule has 0 bridgehead atoms. The first kappa shape index (κ1) is 15.1. The van der Waals surface area contributed by atoms with Crippen molar-refractivity contribution in [2.24, 2.45) is 5.92 Å². The second-order valence-corrected chi connectivity index (χ2v) is 4.88. The van der Waals surface area contributed by atoms with Crippen molar-refractivity contribution in [3.8, 4) is 0 Å². The van der Waals surface area contributed by atoms with Gasteiger partial charge in [-0.15, -0.1) is 0 Å². The van der Waals surface area contributed by atoms with Gasteiger partial charge in [0.05, 0.1) is 0 Å². The van der Waals surface area contributed by atoms with E-state index >= 15 is 0 Å². The van der Waals surface area contributed by atoms with E-state index in [1.807, 2.05) is 7.05 Å². The summed E-state index contributed by atoms with van der Waals surface area (Å²) in [6.07, 6.45) is 3.04. The average Bonchev–Trinajstić information content (AvgIpc) is 2.36. The molecule has 1 atom stereocenters. The van der Waals surface area contributed by atoms with Crippen molar-refractivity contribution in [2.75, 3.05) is 7.05 Å². The number of rotatable bonds is 6. The number of nitrogens with one attached hydrogen (secondary N) is 1. The van der Waals surface area contributed by atoms with Crippen LogP contribution in [-0.4, -0.2) is 7.05 Å². The monoisotopic (exact) mass is 255 g/mol. The molecule has 0 saturated heterocycles. The summed E-state index contributed by atoms with van der Waals surface area (Å²) < 4.78 is 27.1. The Bertz CT molecular complexity index is 386. The molecule has 0 radical (unpaired) electrons. The summed E-state index contributed by atoms with van der Waals surface area (Å²) in [4.78, 5) is 0. The number of aryl methyl sites for hydroxylation is 1. The third kappa shape index (κ3) is 3.52. The molecule has 18 heavy (non-hydrogen) atoms. The lowest BCUT2D eigenvalue weighted by Crippen LogP contribution is -2.21. The number of hydrogen-bond acceptors (Lipinski definition) is 1. The zero-order valence-electron chi connectivity index (χ0n) is 11.7. The molecule has 0 aromatic heterocycles. The highest BCUT2D eigenvalue weighted by Crippen LogP contribution is 2.28. The Labute approximate surface area is 109 Å². The molecule has 0 saturated carbocycles. The van der Waals surface area contributed by atoms with Crippen LogP contribution in [0.15, 0.2) is 12.1 Å². The van der Waals surface area contributed by atoms with Gasteiger partial charge in [0, 0.05) is 17.7 Å². The molecule has 1 N–H and O–H groups in total. The van der Waals surface area contributed by atoms with E-state index in [9.17, 15) is 8.78 Å². The van der Waals surface area contributed by atoms with Crippen LogP contribution in [0, 0.1) is 24.5 Å². The molecule has 0 aliphatic carbocycles. The van der Waals surface area contributed by atoms with Crippen LogP contribution in [0.25, 0.3) is 0 Å². The topological polar surface area (TPSA) is 12.0 Å². The van der Waals surface area contributed by atoms with Crippen molar-refractivity contribution in [1.82, 2.24) is 5.32 Å². The van der Waals surface area contributed by atoms with Crippen molar-refractivity contribution < 1.29 is 8.78 Å².